The Morgan fingerprint density at radius 3 is 2.50 bits per heavy atom. The number of rotatable bonds is 5. The van der Waals surface area contributed by atoms with E-state index in [4.69, 9.17) is 0 Å². The SMILES string of the molecule is Cc1nc(C(C)C)sc1C(C)NCC1(O)CCC1. The van der Waals surface area contributed by atoms with Crippen molar-refractivity contribution in [2.45, 2.75) is 64.5 Å². The maximum atomic E-state index is 10.1. The van der Waals surface area contributed by atoms with Gasteiger partial charge in [0.05, 0.1) is 16.3 Å². The van der Waals surface area contributed by atoms with Gasteiger partial charge in [0.2, 0.25) is 0 Å². The Bertz CT molecular complexity index is 410. The molecule has 0 aliphatic heterocycles. The fourth-order valence-corrected chi connectivity index (χ4v) is 3.37. The van der Waals surface area contributed by atoms with Crippen LogP contribution in [0.3, 0.4) is 0 Å². The fourth-order valence-electron chi connectivity index (χ4n) is 2.28. The fraction of sp³-hybridized carbons (Fsp3) is 0.786. The zero-order valence-corrected chi connectivity index (χ0v) is 12.6. The van der Waals surface area contributed by atoms with Crippen LogP contribution in [0, 0.1) is 6.92 Å². The van der Waals surface area contributed by atoms with E-state index in [9.17, 15) is 5.11 Å². The minimum absolute atomic E-state index is 0.277. The van der Waals surface area contributed by atoms with E-state index in [0.29, 0.717) is 12.5 Å². The van der Waals surface area contributed by atoms with Crippen molar-refractivity contribution >= 4 is 11.3 Å². The van der Waals surface area contributed by atoms with Crippen LogP contribution in [0.15, 0.2) is 0 Å². The van der Waals surface area contributed by atoms with Crippen LogP contribution in [0.5, 0.6) is 0 Å². The Kier molecular flexibility index (Phi) is 4.09. The lowest BCUT2D eigenvalue weighted by atomic mass is 9.80. The van der Waals surface area contributed by atoms with Crippen molar-refractivity contribution < 1.29 is 5.11 Å². The lowest BCUT2D eigenvalue weighted by Gasteiger charge is -2.37. The van der Waals surface area contributed by atoms with E-state index in [2.05, 4.69) is 38.0 Å². The Labute approximate surface area is 114 Å². The first-order valence-corrected chi connectivity index (χ1v) is 7.66. The summed E-state index contributed by atoms with van der Waals surface area (Å²) in [4.78, 5) is 5.93. The van der Waals surface area contributed by atoms with Crippen LogP contribution in [-0.4, -0.2) is 22.2 Å². The molecule has 1 saturated carbocycles. The highest BCUT2D eigenvalue weighted by Crippen LogP contribution is 2.33. The summed E-state index contributed by atoms with van der Waals surface area (Å²) in [5.41, 5.74) is 0.678. The van der Waals surface area contributed by atoms with E-state index in [1.807, 2.05) is 0 Å². The van der Waals surface area contributed by atoms with Gasteiger partial charge in [-0.05, 0) is 33.1 Å². The summed E-state index contributed by atoms with van der Waals surface area (Å²) in [5, 5.41) is 14.8. The monoisotopic (exact) mass is 268 g/mol. The van der Waals surface area contributed by atoms with Crippen molar-refractivity contribution in [1.82, 2.24) is 10.3 Å². The molecule has 3 nitrogen and oxygen atoms in total. The molecular weight excluding hydrogens is 244 g/mol. The number of nitrogens with one attached hydrogen (secondary N) is 1. The molecule has 1 aromatic heterocycles. The van der Waals surface area contributed by atoms with E-state index in [0.717, 1.165) is 25.0 Å². The van der Waals surface area contributed by atoms with Crippen molar-refractivity contribution in [2.75, 3.05) is 6.54 Å². The van der Waals surface area contributed by atoms with E-state index in [-0.39, 0.29) is 6.04 Å². The molecule has 0 bridgehead atoms. The van der Waals surface area contributed by atoms with Gasteiger partial charge in [0.1, 0.15) is 0 Å². The average Bonchev–Trinajstić information content (AvgIpc) is 2.66. The van der Waals surface area contributed by atoms with Crippen molar-refractivity contribution in [1.29, 1.82) is 0 Å². The Morgan fingerprint density at radius 2 is 2.06 bits per heavy atom. The van der Waals surface area contributed by atoms with E-state index in [1.165, 1.54) is 9.88 Å². The molecule has 0 amide bonds. The highest BCUT2D eigenvalue weighted by molar-refractivity contribution is 7.11. The largest absolute Gasteiger partial charge is 0.389 e. The highest BCUT2D eigenvalue weighted by Gasteiger charge is 2.34. The number of thiazole rings is 1. The second-order valence-corrected chi connectivity index (χ2v) is 6.90. The molecule has 0 radical (unpaired) electrons. The van der Waals surface area contributed by atoms with Gasteiger partial charge in [-0.25, -0.2) is 4.98 Å². The third kappa shape index (κ3) is 2.92. The van der Waals surface area contributed by atoms with Crippen molar-refractivity contribution in [3.05, 3.63) is 15.6 Å². The summed E-state index contributed by atoms with van der Waals surface area (Å²) in [7, 11) is 0. The van der Waals surface area contributed by atoms with Crippen molar-refractivity contribution in [3.63, 3.8) is 0 Å². The topological polar surface area (TPSA) is 45.2 Å². The van der Waals surface area contributed by atoms with Gasteiger partial charge in [-0.1, -0.05) is 13.8 Å². The van der Waals surface area contributed by atoms with Crippen LogP contribution in [0.1, 0.15) is 67.6 Å². The van der Waals surface area contributed by atoms with Gasteiger partial charge in [0.15, 0.2) is 0 Å². The summed E-state index contributed by atoms with van der Waals surface area (Å²) in [6, 6.07) is 0.277. The minimum atomic E-state index is -0.451. The molecule has 1 unspecified atom stereocenters. The molecule has 1 aliphatic rings. The van der Waals surface area contributed by atoms with E-state index < -0.39 is 5.60 Å². The second-order valence-electron chi connectivity index (χ2n) is 5.84. The van der Waals surface area contributed by atoms with Gasteiger partial charge in [-0.15, -0.1) is 11.3 Å². The maximum absolute atomic E-state index is 10.1. The number of aliphatic hydroxyl groups is 1. The molecule has 0 spiro atoms. The summed E-state index contributed by atoms with van der Waals surface area (Å²) in [6.45, 7) is 9.29. The third-order valence-electron chi connectivity index (χ3n) is 3.76. The molecule has 4 heteroatoms. The molecule has 1 fully saturated rings. The van der Waals surface area contributed by atoms with Crippen LogP contribution in [0.4, 0.5) is 0 Å². The van der Waals surface area contributed by atoms with Gasteiger partial charge in [0, 0.05) is 23.4 Å². The first kappa shape index (κ1) is 14.0. The maximum Gasteiger partial charge on any atom is 0.0956 e. The van der Waals surface area contributed by atoms with Crippen LogP contribution >= 0.6 is 11.3 Å². The highest BCUT2D eigenvalue weighted by atomic mass is 32.1. The molecule has 18 heavy (non-hydrogen) atoms. The van der Waals surface area contributed by atoms with Crippen LogP contribution < -0.4 is 5.32 Å². The summed E-state index contributed by atoms with van der Waals surface area (Å²) < 4.78 is 0. The molecule has 1 heterocycles. The lowest BCUT2D eigenvalue weighted by molar-refractivity contribution is -0.0328. The second kappa shape index (κ2) is 5.27. The first-order valence-electron chi connectivity index (χ1n) is 6.84. The molecule has 1 atom stereocenters. The normalized spacial score (nSPS) is 19.9. The molecule has 1 aromatic rings. The standard InChI is InChI=1S/C14H24N2OS/c1-9(2)13-16-11(4)12(18-13)10(3)15-8-14(17)6-5-7-14/h9-10,15,17H,5-8H2,1-4H3. The van der Waals surface area contributed by atoms with Crippen molar-refractivity contribution in [3.8, 4) is 0 Å². The molecule has 2 N–H and O–H groups in total. The lowest BCUT2D eigenvalue weighted by Crippen LogP contribution is -2.46. The average molecular weight is 268 g/mol. The van der Waals surface area contributed by atoms with Gasteiger partial charge >= 0.3 is 0 Å². The predicted octanol–water partition coefficient (Wildman–Crippen LogP) is 3.14. The third-order valence-corrected chi connectivity index (χ3v) is 5.40. The van der Waals surface area contributed by atoms with Crippen LogP contribution in [0.2, 0.25) is 0 Å². The minimum Gasteiger partial charge on any atom is -0.389 e. The Balaban J connectivity index is 1.97. The zero-order valence-electron chi connectivity index (χ0n) is 11.8. The van der Waals surface area contributed by atoms with Gasteiger partial charge < -0.3 is 10.4 Å². The molecule has 1 aliphatic carbocycles. The van der Waals surface area contributed by atoms with Crippen LogP contribution in [0.25, 0.3) is 0 Å². The van der Waals surface area contributed by atoms with Gasteiger partial charge in [-0.2, -0.15) is 0 Å². The number of hydrogen-bond donors (Lipinski definition) is 2. The van der Waals surface area contributed by atoms with E-state index >= 15 is 0 Å². The predicted molar refractivity (Wildman–Crippen MR) is 76.2 cm³/mol. The molecule has 0 aromatic carbocycles. The summed E-state index contributed by atoms with van der Waals surface area (Å²) in [5.74, 6) is 0.491. The smallest absolute Gasteiger partial charge is 0.0956 e. The molecule has 2 rings (SSSR count). The Hall–Kier alpha value is -0.450. The van der Waals surface area contributed by atoms with E-state index in [1.54, 1.807) is 11.3 Å². The molecule has 0 saturated heterocycles. The number of aromatic nitrogens is 1. The molecular formula is C14H24N2OS. The first-order chi connectivity index (χ1) is 8.41. The number of hydrogen-bond acceptors (Lipinski definition) is 4. The number of aryl methyl sites for hydroxylation is 1. The summed E-state index contributed by atoms with van der Waals surface area (Å²) in [6.07, 6.45) is 3.03. The van der Waals surface area contributed by atoms with Crippen molar-refractivity contribution in [2.24, 2.45) is 0 Å². The quantitative estimate of drug-likeness (QED) is 0.862. The van der Waals surface area contributed by atoms with Gasteiger partial charge in [-0.3, -0.25) is 0 Å². The molecule has 102 valence electrons. The summed E-state index contributed by atoms with van der Waals surface area (Å²) >= 11 is 1.80. The Morgan fingerprint density at radius 1 is 1.39 bits per heavy atom. The van der Waals surface area contributed by atoms with Crippen LogP contribution in [-0.2, 0) is 0 Å². The zero-order chi connectivity index (χ0) is 13.3. The van der Waals surface area contributed by atoms with Gasteiger partial charge in [0.25, 0.3) is 0 Å². The number of nitrogens with zero attached hydrogens (tertiary/aromatic N) is 1.